The van der Waals surface area contributed by atoms with E-state index in [1.807, 2.05) is 0 Å². The number of hydrogen-bond acceptors (Lipinski definition) is 3. The standard InChI is InChI=1S/C7H6F3N3O3/c8-7(9,10)6(16)11-4-1-3(12-13-4)2-5(14)15/h1H,2H2,(H,14,15)(H2,11,12,13,16). The molecule has 9 heteroatoms. The molecule has 1 heterocycles. The summed E-state index contributed by atoms with van der Waals surface area (Å²) >= 11 is 0. The van der Waals surface area contributed by atoms with E-state index in [1.165, 1.54) is 5.32 Å². The molecule has 1 aromatic heterocycles. The lowest BCUT2D eigenvalue weighted by Crippen LogP contribution is -2.30. The number of alkyl halides is 3. The summed E-state index contributed by atoms with van der Waals surface area (Å²) in [5.74, 6) is -3.71. The summed E-state index contributed by atoms with van der Waals surface area (Å²) in [5, 5.41) is 15.3. The monoisotopic (exact) mass is 237 g/mol. The molecule has 0 bridgehead atoms. The number of aromatic nitrogens is 2. The van der Waals surface area contributed by atoms with Gasteiger partial charge in [0, 0.05) is 11.8 Å². The van der Waals surface area contributed by atoms with Crippen molar-refractivity contribution >= 4 is 17.7 Å². The zero-order valence-corrected chi connectivity index (χ0v) is 7.63. The Bertz CT molecular complexity index is 412. The van der Waals surface area contributed by atoms with Gasteiger partial charge in [-0.2, -0.15) is 18.3 Å². The van der Waals surface area contributed by atoms with Gasteiger partial charge in [0.15, 0.2) is 5.82 Å². The normalized spacial score (nSPS) is 11.2. The van der Waals surface area contributed by atoms with E-state index in [0.29, 0.717) is 0 Å². The van der Waals surface area contributed by atoms with Crippen LogP contribution in [0.5, 0.6) is 0 Å². The molecule has 88 valence electrons. The van der Waals surface area contributed by atoms with Crippen molar-refractivity contribution < 1.29 is 27.9 Å². The summed E-state index contributed by atoms with van der Waals surface area (Å²) in [6.45, 7) is 0. The molecule has 0 saturated heterocycles. The van der Waals surface area contributed by atoms with Crippen LogP contribution in [0.4, 0.5) is 19.0 Å². The van der Waals surface area contributed by atoms with Crippen molar-refractivity contribution in [3.63, 3.8) is 0 Å². The minimum atomic E-state index is -5.01. The number of carboxylic acids is 1. The average Bonchev–Trinajstić information content (AvgIpc) is 2.49. The van der Waals surface area contributed by atoms with Gasteiger partial charge in [-0.25, -0.2) is 0 Å². The van der Waals surface area contributed by atoms with Crippen LogP contribution in [0.1, 0.15) is 5.69 Å². The van der Waals surface area contributed by atoms with Gasteiger partial charge in [0.05, 0.1) is 6.42 Å². The topological polar surface area (TPSA) is 95.1 Å². The number of H-pyrrole nitrogens is 1. The largest absolute Gasteiger partial charge is 0.481 e. The molecule has 0 unspecified atom stereocenters. The second-order valence-corrected chi connectivity index (χ2v) is 2.80. The molecule has 0 spiro atoms. The van der Waals surface area contributed by atoms with Crippen molar-refractivity contribution in [2.45, 2.75) is 12.6 Å². The van der Waals surface area contributed by atoms with Gasteiger partial charge in [0.1, 0.15) is 0 Å². The number of rotatable bonds is 3. The highest BCUT2D eigenvalue weighted by atomic mass is 19.4. The predicted octanol–water partition coefficient (Wildman–Crippen LogP) is 0.538. The maximum Gasteiger partial charge on any atom is 0.471 e. The number of hydrogen-bond donors (Lipinski definition) is 3. The van der Waals surface area contributed by atoms with E-state index in [1.54, 1.807) is 0 Å². The first kappa shape index (κ1) is 12.0. The van der Waals surface area contributed by atoms with Crippen LogP contribution in [0.3, 0.4) is 0 Å². The summed E-state index contributed by atoms with van der Waals surface area (Å²) in [6.07, 6.45) is -5.43. The molecule has 1 aromatic rings. The van der Waals surface area contributed by atoms with Gasteiger partial charge >= 0.3 is 18.1 Å². The summed E-state index contributed by atoms with van der Waals surface area (Å²) < 4.78 is 35.4. The molecule has 0 aromatic carbocycles. The number of carboxylic acid groups (broad SMARTS) is 1. The Morgan fingerprint density at radius 2 is 2.12 bits per heavy atom. The van der Waals surface area contributed by atoms with Gasteiger partial charge in [-0.1, -0.05) is 0 Å². The lowest BCUT2D eigenvalue weighted by Gasteiger charge is -2.04. The SMILES string of the molecule is O=C(O)Cc1cc(NC(=O)C(F)(F)F)n[nH]1. The first-order valence-corrected chi connectivity index (χ1v) is 3.93. The van der Waals surface area contributed by atoms with Crippen LogP contribution in [0.15, 0.2) is 6.07 Å². The molecule has 16 heavy (non-hydrogen) atoms. The molecule has 3 N–H and O–H groups in total. The van der Waals surface area contributed by atoms with E-state index in [4.69, 9.17) is 5.11 Å². The van der Waals surface area contributed by atoms with Gasteiger partial charge < -0.3 is 10.4 Å². The number of amides is 1. The Morgan fingerprint density at radius 1 is 1.50 bits per heavy atom. The van der Waals surface area contributed by atoms with E-state index in [9.17, 15) is 22.8 Å². The highest BCUT2D eigenvalue weighted by Crippen LogP contribution is 2.17. The van der Waals surface area contributed by atoms with Crippen LogP contribution >= 0.6 is 0 Å². The van der Waals surface area contributed by atoms with Gasteiger partial charge in [-0.05, 0) is 0 Å². The van der Waals surface area contributed by atoms with Crippen LogP contribution in [0.2, 0.25) is 0 Å². The van der Waals surface area contributed by atoms with E-state index in [-0.39, 0.29) is 11.5 Å². The van der Waals surface area contributed by atoms with E-state index < -0.39 is 24.5 Å². The average molecular weight is 237 g/mol. The maximum atomic E-state index is 11.8. The first-order chi connectivity index (χ1) is 7.29. The number of anilines is 1. The Balaban J connectivity index is 2.66. The summed E-state index contributed by atoms with van der Waals surface area (Å²) in [7, 11) is 0. The zero-order chi connectivity index (χ0) is 12.3. The smallest absolute Gasteiger partial charge is 0.471 e. The second kappa shape index (κ2) is 4.21. The van der Waals surface area contributed by atoms with E-state index in [2.05, 4.69) is 10.2 Å². The molecule has 0 fully saturated rings. The third kappa shape index (κ3) is 3.26. The third-order valence-corrected chi connectivity index (χ3v) is 1.47. The molecule has 0 aliphatic heterocycles. The van der Waals surface area contributed by atoms with Crippen molar-refractivity contribution in [2.24, 2.45) is 0 Å². The minimum absolute atomic E-state index is 0.0879. The van der Waals surface area contributed by atoms with Crippen LogP contribution in [0, 0.1) is 0 Å². The van der Waals surface area contributed by atoms with E-state index >= 15 is 0 Å². The Kier molecular flexibility index (Phi) is 3.16. The molecule has 0 atom stereocenters. The molecule has 0 aliphatic carbocycles. The van der Waals surface area contributed by atoms with Crippen LogP contribution in [-0.2, 0) is 16.0 Å². The summed E-state index contributed by atoms with van der Waals surface area (Å²) in [5.41, 5.74) is 0.0879. The number of aromatic amines is 1. The number of carbonyl (C=O) groups excluding carboxylic acids is 1. The van der Waals surface area contributed by atoms with Crippen molar-refractivity contribution in [3.8, 4) is 0 Å². The summed E-state index contributed by atoms with van der Waals surface area (Å²) in [6, 6.07) is 1.01. The van der Waals surface area contributed by atoms with Crippen LogP contribution in [-0.4, -0.2) is 33.4 Å². The fourth-order valence-electron chi connectivity index (χ4n) is 0.866. The minimum Gasteiger partial charge on any atom is -0.481 e. The van der Waals surface area contributed by atoms with Crippen molar-refractivity contribution in [2.75, 3.05) is 5.32 Å². The Labute approximate surface area is 86.5 Å². The van der Waals surface area contributed by atoms with Crippen LogP contribution < -0.4 is 5.32 Å². The molecule has 0 saturated carbocycles. The predicted molar refractivity (Wildman–Crippen MR) is 44.6 cm³/mol. The highest BCUT2D eigenvalue weighted by molar-refractivity contribution is 5.94. The fraction of sp³-hybridized carbons (Fsp3) is 0.286. The van der Waals surface area contributed by atoms with Crippen molar-refractivity contribution in [1.29, 1.82) is 0 Å². The molecular formula is C7H6F3N3O3. The second-order valence-electron chi connectivity index (χ2n) is 2.80. The maximum absolute atomic E-state index is 11.8. The number of nitrogens with zero attached hydrogens (tertiary/aromatic N) is 1. The first-order valence-electron chi connectivity index (χ1n) is 3.93. The van der Waals surface area contributed by atoms with Gasteiger partial charge in [-0.15, -0.1) is 0 Å². The quantitative estimate of drug-likeness (QED) is 0.714. The van der Waals surface area contributed by atoms with Crippen molar-refractivity contribution in [3.05, 3.63) is 11.8 Å². The Morgan fingerprint density at radius 3 is 2.62 bits per heavy atom. The molecular weight excluding hydrogens is 231 g/mol. The number of nitrogens with one attached hydrogen (secondary N) is 2. The number of aliphatic carboxylic acids is 1. The number of halogens is 3. The fourth-order valence-corrected chi connectivity index (χ4v) is 0.866. The van der Waals surface area contributed by atoms with Crippen molar-refractivity contribution in [1.82, 2.24) is 10.2 Å². The molecule has 0 aliphatic rings. The number of carbonyl (C=O) groups is 2. The lowest BCUT2D eigenvalue weighted by atomic mass is 10.3. The molecule has 1 rings (SSSR count). The molecule has 1 amide bonds. The molecule has 0 radical (unpaired) electrons. The Hall–Kier alpha value is -2.06. The highest BCUT2D eigenvalue weighted by Gasteiger charge is 2.39. The molecule has 6 nitrogen and oxygen atoms in total. The lowest BCUT2D eigenvalue weighted by molar-refractivity contribution is -0.167. The van der Waals surface area contributed by atoms with Gasteiger partial charge in [0.25, 0.3) is 0 Å². The third-order valence-electron chi connectivity index (χ3n) is 1.47. The zero-order valence-electron chi connectivity index (χ0n) is 7.63. The van der Waals surface area contributed by atoms with Gasteiger partial charge in [-0.3, -0.25) is 14.7 Å². The van der Waals surface area contributed by atoms with Gasteiger partial charge in [0.2, 0.25) is 0 Å². The summed E-state index contributed by atoms with van der Waals surface area (Å²) in [4.78, 5) is 20.7. The van der Waals surface area contributed by atoms with Crippen LogP contribution in [0.25, 0.3) is 0 Å². The van der Waals surface area contributed by atoms with E-state index in [0.717, 1.165) is 6.07 Å².